The van der Waals surface area contributed by atoms with Gasteiger partial charge in [-0.1, -0.05) is 51.1 Å². The average Bonchev–Trinajstić information content (AvgIpc) is 3.19. The largest absolute Gasteiger partial charge is 0.481 e. The Morgan fingerprint density at radius 1 is 1.07 bits per heavy atom. The van der Waals surface area contributed by atoms with Crippen molar-refractivity contribution in [3.05, 3.63) is 0 Å². The Kier molecular flexibility index (Phi) is 14.2. The molecule has 0 aromatic heterocycles. The normalized spacial score (nSPS) is 25.4. The van der Waals surface area contributed by atoms with Crippen molar-refractivity contribution in [1.29, 1.82) is 0 Å². The second-order valence-corrected chi connectivity index (χ2v) is 13.5. The van der Waals surface area contributed by atoms with Gasteiger partial charge in [-0.15, -0.1) is 0 Å². The van der Waals surface area contributed by atoms with Crippen molar-refractivity contribution >= 4 is 79.7 Å². The third-order valence-electron chi connectivity index (χ3n) is 5.98. The molecule has 2 heterocycles. The summed E-state index contributed by atoms with van der Waals surface area (Å²) in [7, 11) is 2.89. The Morgan fingerprint density at radius 2 is 1.75 bits per heavy atom. The van der Waals surface area contributed by atoms with Gasteiger partial charge in [-0.2, -0.15) is 0 Å². The lowest BCUT2D eigenvalue weighted by atomic mass is 9.92. The summed E-state index contributed by atoms with van der Waals surface area (Å²) in [4.78, 5) is 71.2. The number of carboxylic acid groups (broad SMARTS) is 1. The first-order chi connectivity index (χ1) is 18.8. The zero-order valence-electron chi connectivity index (χ0n) is 21.5. The predicted molar refractivity (Wildman–Crippen MR) is 151 cm³/mol. The van der Waals surface area contributed by atoms with E-state index < -0.39 is 70.7 Å². The van der Waals surface area contributed by atoms with Crippen molar-refractivity contribution in [2.24, 2.45) is 0 Å². The van der Waals surface area contributed by atoms with Crippen molar-refractivity contribution in [1.82, 2.24) is 20.9 Å². The highest BCUT2D eigenvalue weighted by atomic mass is 127. The summed E-state index contributed by atoms with van der Waals surface area (Å²) in [5, 5.41) is 46.6. The molecule has 18 heteroatoms. The van der Waals surface area contributed by atoms with Crippen LogP contribution in [-0.4, -0.2) is 126 Å². The molecule has 0 aromatic carbocycles. The molecular weight excluding hydrogens is 687 g/mol. The molecule has 0 radical (unpaired) electrons. The fourth-order valence-corrected chi connectivity index (χ4v) is 6.74. The summed E-state index contributed by atoms with van der Waals surface area (Å²) in [6.07, 6.45) is -5.52. The zero-order chi connectivity index (χ0) is 30.0. The van der Waals surface area contributed by atoms with Gasteiger partial charge in [0.25, 0.3) is 0 Å². The van der Waals surface area contributed by atoms with Gasteiger partial charge >= 0.3 is 23.8 Å². The second-order valence-electron chi connectivity index (χ2n) is 9.08. The van der Waals surface area contributed by atoms with Crippen LogP contribution in [0.2, 0.25) is 0 Å². The molecule has 15 nitrogen and oxygen atoms in total. The monoisotopic (exact) mass is 720 g/mol. The van der Waals surface area contributed by atoms with Gasteiger partial charge in [0.2, 0.25) is 11.8 Å². The molecule has 0 aliphatic carbocycles. The maximum Gasteiger partial charge on any atom is 0.314 e. The van der Waals surface area contributed by atoms with E-state index in [-0.39, 0.29) is 43.5 Å². The minimum absolute atomic E-state index is 0.0175. The minimum Gasteiger partial charge on any atom is -0.481 e. The van der Waals surface area contributed by atoms with Crippen LogP contribution in [0.3, 0.4) is 0 Å². The Labute approximate surface area is 251 Å². The van der Waals surface area contributed by atoms with Gasteiger partial charge in [0, 0.05) is 30.5 Å². The molecule has 0 saturated carbocycles. The number of esters is 1. The van der Waals surface area contributed by atoms with Crippen molar-refractivity contribution < 1.29 is 53.9 Å². The van der Waals surface area contributed by atoms with Gasteiger partial charge in [0.05, 0.1) is 18.9 Å². The van der Waals surface area contributed by atoms with E-state index in [0.717, 1.165) is 4.90 Å². The molecule has 40 heavy (non-hydrogen) atoms. The fraction of sp³-hybridized carbons (Fsp3) is 0.727. The smallest absolute Gasteiger partial charge is 0.314 e. The van der Waals surface area contributed by atoms with Gasteiger partial charge in [0.15, 0.2) is 0 Å². The number of hydrogen-bond acceptors (Lipinski definition) is 12. The number of nitrogens with zero attached hydrogens (tertiary/aromatic N) is 1. The Morgan fingerprint density at radius 3 is 2.42 bits per heavy atom. The number of rotatable bonds is 16. The zero-order valence-corrected chi connectivity index (χ0v) is 25.3. The number of aliphatic hydroxyl groups excluding tert-OH is 3. The molecule has 0 bridgehead atoms. The maximum atomic E-state index is 12.2. The first-order valence-electron chi connectivity index (χ1n) is 12.3. The van der Waals surface area contributed by atoms with E-state index in [9.17, 15) is 44.1 Å². The summed E-state index contributed by atoms with van der Waals surface area (Å²) < 4.78 is 4.46. The van der Waals surface area contributed by atoms with E-state index in [1.54, 1.807) is 22.6 Å². The SMILES string of the molecule is CC(CCC(=O)NCCNC(=O)C(I)CC(=O)O)SSCCC(=O)OC[C@@H]1[C@@H](O)[C@H](O)[C@H](O)[C@H]2NC(=O)C(=O)N12. The Balaban J connectivity index is 1.58. The molecule has 0 aromatic rings. The van der Waals surface area contributed by atoms with Crippen molar-refractivity contribution in [3.8, 4) is 0 Å². The number of piperidine rings is 1. The lowest BCUT2D eigenvalue weighted by Gasteiger charge is -2.44. The number of halogens is 1. The molecule has 2 aliphatic rings. The summed E-state index contributed by atoms with van der Waals surface area (Å²) in [5.74, 6) is -3.88. The number of hydrogen-bond donors (Lipinski definition) is 7. The van der Waals surface area contributed by atoms with Gasteiger partial charge in [-0.25, -0.2) is 0 Å². The lowest BCUT2D eigenvalue weighted by Crippen LogP contribution is -2.68. The van der Waals surface area contributed by atoms with Crippen molar-refractivity contribution in [3.63, 3.8) is 0 Å². The van der Waals surface area contributed by atoms with Crippen LogP contribution in [-0.2, 0) is 33.5 Å². The highest BCUT2D eigenvalue weighted by molar-refractivity contribution is 14.1. The summed E-state index contributed by atoms with van der Waals surface area (Å²) in [6, 6.07) is -1.21. The summed E-state index contributed by atoms with van der Waals surface area (Å²) in [5.41, 5.74) is 0. The third kappa shape index (κ3) is 10.2. The highest BCUT2D eigenvalue weighted by Gasteiger charge is 2.55. The highest BCUT2D eigenvalue weighted by Crippen LogP contribution is 2.30. The van der Waals surface area contributed by atoms with E-state index >= 15 is 0 Å². The number of aliphatic hydroxyl groups is 3. The van der Waals surface area contributed by atoms with Crippen LogP contribution in [0.1, 0.15) is 32.6 Å². The van der Waals surface area contributed by atoms with E-state index in [1.165, 1.54) is 21.6 Å². The maximum absolute atomic E-state index is 12.2. The van der Waals surface area contributed by atoms with E-state index in [0.29, 0.717) is 12.2 Å². The van der Waals surface area contributed by atoms with Crippen molar-refractivity contribution in [2.45, 2.75) is 72.3 Å². The van der Waals surface area contributed by atoms with Crippen LogP contribution in [0.4, 0.5) is 0 Å². The van der Waals surface area contributed by atoms with Crippen LogP contribution in [0.15, 0.2) is 0 Å². The fourth-order valence-electron chi connectivity index (χ4n) is 3.83. The molecule has 4 amide bonds. The molecule has 2 aliphatic heterocycles. The molecule has 7 N–H and O–H groups in total. The van der Waals surface area contributed by atoms with Gasteiger partial charge in [-0.05, 0) is 6.42 Å². The molecular formula is C22H33IN4O11S2. The van der Waals surface area contributed by atoms with Crippen LogP contribution >= 0.6 is 44.2 Å². The second kappa shape index (κ2) is 16.5. The Bertz CT molecular complexity index is 962. The van der Waals surface area contributed by atoms with Crippen LogP contribution in [0, 0.1) is 0 Å². The predicted octanol–water partition coefficient (Wildman–Crippen LogP) is -2.27. The van der Waals surface area contributed by atoms with Gasteiger partial charge in [0.1, 0.15) is 35.0 Å². The first-order valence-corrected chi connectivity index (χ1v) is 16.0. The summed E-state index contributed by atoms with van der Waals surface area (Å²) in [6.45, 7) is 1.87. The lowest BCUT2D eigenvalue weighted by molar-refractivity contribution is -0.181. The number of alkyl halides is 1. The molecule has 2 saturated heterocycles. The number of nitrogens with one attached hydrogen (secondary N) is 3. The number of fused-ring (bicyclic) bond motifs is 1. The number of ether oxygens (including phenoxy) is 1. The van der Waals surface area contributed by atoms with E-state index in [1.807, 2.05) is 6.92 Å². The number of carboxylic acids is 1. The van der Waals surface area contributed by atoms with Gasteiger partial charge < -0.3 is 46.0 Å². The first kappa shape index (κ1) is 34.3. The number of carbonyl (C=O) groups is 6. The number of carbonyl (C=O) groups excluding carboxylic acids is 5. The summed E-state index contributed by atoms with van der Waals surface area (Å²) >= 11 is 1.75. The topological polar surface area (TPSA) is 232 Å². The average molecular weight is 721 g/mol. The van der Waals surface area contributed by atoms with E-state index in [4.69, 9.17) is 9.84 Å². The molecule has 2 unspecified atom stereocenters. The van der Waals surface area contributed by atoms with E-state index in [2.05, 4.69) is 16.0 Å². The molecule has 0 spiro atoms. The molecule has 2 fully saturated rings. The third-order valence-corrected chi connectivity index (χ3v) is 9.95. The molecule has 7 atom stereocenters. The number of aliphatic carboxylic acids is 1. The van der Waals surface area contributed by atoms with Crippen LogP contribution in [0.5, 0.6) is 0 Å². The van der Waals surface area contributed by atoms with Crippen LogP contribution in [0.25, 0.3) is 0 Å². The van der Waals surface area contributed by atoms with Crippen LogP contribution < -0.4 is 16.0 Å². The molecule has 2 rings (SSSR count). The number of amides is 4. The minimum atomic E-state index is -1.65. The van der Waals surface area contributed by atoms with Crippen molar-refractivity contribution in [2.75, 3.05) is 25.4 Å². The quantitative estimate of drug-likeness (QED) is 0.0223. The molecule has 226 valence electrons. The Hall–Kier alpha value is -1.87. The van der Waals surface area contributed by atoms with Gasteiger partial charge in [-0.3, -0.25) is 28.8 Å². The standard InChI is InChI=1S/C22H33IN4O11S2/c1-10(2-3-13(28)24-5-6-25-20(35)11(23)8-14(29)30)40-39-7-4-15(31)38-9-12-16(32)17(33)18(34)19-26-21(36)22(37)27(12)19/h10-12,16-19,32-34H,2-9H2,1H3,(H,24,28)(H,25,35)(H,26,36)(H,29,30)/t10?,11?,12-,16-,17+,18+,19+/m1/s1.